The second kappa shape index (κ2) is 5.30. The van der Waals surface area contributed by atoms with Gasteiger partial charge >= 0.3 is 5.97 Å². The van der Waals surface area contributed by atoms with Crippen LogP contribution in [0.25, 0.3) is 0 Å². The van der Waals surface area contributed by atoms with Crippen molar-refractivity contribution in [2.75, 3.05) is 13.7 Å². The Hall–Kier alpha value is -1.69. The predicted octanol–water partition coefficient (Wildman–Crippen LogP) is -0.0725. The minimum absolute atomic E-state index is 0.0454. The van der Waals surface area contributed by atoms with Gasteiger partial charge in [-0.3, -0.25) is 14.9 Å². The highest BCUT2D eigenvalue weighted by atomic mass is 16.5. The molecule has 98 valence electrons. The molecule has 2 heterocycles. The summed E-state index contributed by atoms with van der Waals surface area (Å²) < 4.78 is 9.98. The molecule has 0 aromatic carbocycles. The summed E-state index contributed by atoms with van der Waals surface area (Å²) in [6.45, 7) is 0.560. The largest absolute Gasteiger partial charge is 0.457 e. The van der Waals surface area contributed by atoms with Crippen LogP contribution in [0, 0.1) is 5.92 Å². The Bertz CT molecular complexity index is 415. The van der Waals surface area contributed by atoms with Crippen molar-refractivity contribution in [3.63, 3.8) is 0 Å². The van der Waals surface area contributed by atoms with E-state index in [0.29, 0.717) is 13.0 Å². The van der Waals surface area contributed by atoms with Gasteiger partial charge in [-0.1, -0.05) is 0 Å². The summed E-state index contributed by atoms with van der Waals surface area (Å²) in [7, 11) is 1.60. The molecule has 0 radical (unpaired) electrons. The summed E-state index contributed by atoms with van der Waals surface area (Å²) in [5.74, 6) is -1.79. The minimum Gasteiger partial charge on any atom is -0.457 e. The fourth-order valence-corrected chi connectivity index (χ4v) is 2.33. The van der Waals surface area contributed by atoms with E-state index in [4.69, 9.17) is 9.47 Å². The molecule has 6 nitrogen and oxygen atoms in total. The van der Waals surface area contributed by atoms with Gasteiger partial charge in [0.1, 0.15) is 6.10 Å². The Morgan fingerprint density at radius 3 is 2.94 bits per heavy atom. The Kier molecular flexibility index (Phi) is 3.76. The molecule has 2 aliphatic rings. The molecule has 2 aliphatic heterocycles. The number of carbonyl (C=O) groups is 3. The highest BCUT2D eigenvalue weighted by molar-refractivity contribution is 6.02. The number of piperidine rings is 1. The Balaban J connectivity index is 2.13. The zero-order valence-electron chi connectivity index (χ0n) is 10.1. The molecular formula is C12H15NO5. The zero-order chi connectivity index (χ0) is 13.1. The van der Waals surface area contributed by atoms with Crippen molar-refractivity contribution in [1.82, 2.24) is 5.32 Å². The quantitative estimate of drug-likeness (QED) is 0.431. The van der Waals surface area contributed by atoms with Gasteiger partial charge in [0.25, 0.3) is 0 Å². The maximum atomic E-state index is 11.8. The van der Waals surface area contributed by atoms with E-state index in [1.165, 1.54) is 6.08 Å². The second-order valence-electron chi connectivity index (χ2n) is 4.39. The van der Waals surface area contributed by atoms with Crippen LogP contribution < -0.4 is 5.32 Å². The first kappa shape index (κ1) is 12.8. The van der Waals surface area contributed by atoms with Gasteiger partial charge < -0.3 is 9.47 Å². The number of hydrogen-bond donors (Lipinski definition) is 1. The number of fused-ring (bicyclic) bond motifs is 1. The number of carbonyl (C=O) groups excluding carboxylic acids is 3. The highest BCUT2D eigenvalue weighted by Crippen LogP contribution is 2.31. The van der Waals surface area contributed by atoms with Gasteiger partial charge in [-0.15, -0.1) is 0 Å². The lowest BCUT2D eigenvalue weighted by Gasteiger charge is -2.34. The molecule has 0 aromatic heterocycles. The van der Waals surface area contributed by atoms with Crippen LogP contribution >= 0.6 is 0 Å². The first-order chi connectivity index (χ1) is 8.61. The van der Waals surface area contributed by atoms with Crippen LogP contribution in [0.5, 0.6) is 0 Å². The van der Waals surface area contributed by atoms with Gasteiger partial charge in [0.2, 0.25) is 11.8 Å². The normalized spacial score (nSPS) is 27.2. The number of imide groups is 1. The van der Waals surface area contributed by atoms with Crippen LogP contribution in [0.2, 0.25) is 0 Å². The molecule has 2 amide bonds. The summed E-state index contributed by atoms with van der Waals surface area (Å²) in [6.07, 6.45) is 2.06. The van der Waals surface area contributed by atoms with Crippen molar-refractivity contribution in [3.8, 4) is 0 Å². The number of esters is 1. The highest BCUT2D eigenvalue weighted by Gasteiger charge is 2.42. The maximum Gasteiger partial charge on any atom is 0.331 e. The molecule has 1 N–H and O–H groups in total. The molecule has 0 aliphatic carbocycles. The zero-order valence-corrected chi connectivity index (χ0v) is 10.1. The van der Waals surface area contributed by atoms with Gasteiger partial charge in [-0.2, -0.15) is 0 Å². The van der Waals surface area contributed by atoms with Crippen LogP contribution in [0.4, 0.5) is 0 Å². The number of amides is 2. The molecular weight excluding hydrogens is 238 g/mol. The average Bonchev–Trinajstić information content (AvgIpc) is 2.27. The Morgan fingerprint density at radius 2 is 2.22 bits per heavy atom. The lowest BCUT2D eigenvalue weighted by molar-refractivity contribution is -0.155. The third-order valence-corrected chi connectivity index (χ3v) is 3.09. The minimum atomic E-state index is -0.652. The van der Waals surface area contributed by atoms with Gasteiger partial charge in [-0.25, -0.2) is 4.79 Å². The molecule has 1 fully saturated rings. The molecule has 2 rings (SSSR count). The second-order valence-corrected chi connectivity index (χ2v) is 4.39. The van der Waals surface area contributed by atoms with Crippen molar-refractivity contribution in [3.05, 3.63) is 11.6 Å². The molecule has 1 saturated heterocycles. The van der Waals surface area contributed by atoms with Gasteiger partial charge in [-0.05, 0) is 18.4 Å². The molecule has 6 heteroatoms. The monoisotopic (exact) mass is 253 g/mol. The lowest BCUT2D eigenvalue weighted by Crippen LogP contribution is -2.52. The van der Waals surface area contributed by atoms with Gasteiger partial charge in [0.15, 0.2) is 0 Å². The summed E-state index contributed by atoms with van der Waals surface area (Å²) in [5, 5.41) is 2.27. The van der Waals surface area contributed by atoms with E-state index >= 15 is 0 Å². The van der Waals surface area contributed by atoms with E-state index in [1.54, 1.807) is 7.11 Å². The molecule has 2 atom stereocenters. The van der Waals surface area contributed by atoms with Crippen molar-refractivity contribution >= 4 is 17.8 Å². The van der Waals surface area contributed by atoms with E-state index in [9.17, 15) is 14.4 Å². The van der Waals surface area contributed by atoms with E-state index < -0.39 is 23.9 Å². The fourth-order valence-electron chi connectivity index (χ4n) is 2.33. The standard InChI is InChI=1S/C12H15NO5/c1-17-4-2-3-7-5-10(15)18-8-6-9(14)13-12(16)11(7)8/h5,8,11H,2-4,6H2,1H3,(H,13,14,16). The van der Waals surface area contributed by atoms with Crippen molar-refractivity contribution < 1.29 is 23.9 Å². The molecule has 0 bridgehead atoms. The first-order valence-corrected chi connectivity index (χ1v) is 5.85. The molecule has 18 heavy (non-hydrogen) atoms. The third kappa shape index (κ3) is 2.59. The van der Waals surface area contributed by atoms with Crippen molar-refractivity contribution in [1.29, 1.82) is 0 Å². The molecule has 2 unspecified atom stereocenters. The summed E-state index contributed by atoms with van der Waals surface area (Å²) in [5.41, 5.74) is 0.721. The van der Waals surface area contributed by atoms with E-state index in [2.05, 4.69) is 5.32 Å². The number of ether oxygens (including phenoxy) is 2. The third-order valence-electron chi connectivity index (χ3n) is 3.09. The lowest BCUT2D eigenvalue weighted by atomic mass is 9.83. The van der Waals surface area contributed by atoms with Crippen LogP contribution in [0.3, 0.4) is 0 Å². The van der Waals surface area contributed by atoms with Crippen LogP contribution in [-0.2, 0) is 23.9 Å². The van der Waals surface area contributed by atoms with Gasteiger partial charge in [0.05, 0.1) is 12.3 Å². The molecule has 0 aromatic rings. The van der Waals surface area contributed by atoms with Crippen LogP contribution in [-0.4, -0.2) is 37.6 Å². The van der Waals surface area contributed by atoms with Crippen LogP contribution in [0.1, 0.15) is 19.3 Å². The summed E-state index contributed by atoms with van der Waals surface area (Å²) in [6, 6.07) is 0. The van der Waals surface area contributed by atoms with E-state index in [0.717, 1.165) is 12.0 Å². The SMILES string of the molecule is COCCCC1=CC(=O)OC2CC(=O)NC(=O)C12. The first-order valence-electron chi connectivity index (χ1n) is 5.85. The van der Waals surface area contributed by atoms with Crippen molar-refractivity contribution in [2.45, 2.75) is 25.4 Å². The number of rotatable bonds is 4. The summed E-state index contributed by atoms with van der Waals surface area (Å²) >= 11 is 0. The van der Waals surface area contributed by atoms with Gasteiger partial charge in [0, 0.05) is 19.8 Å². The molecule has 0 spiro atoms. The smallest absolute Gasteiger partial charge is 0.331 e. The summed E-state index contributed by atoms with van der Waals surface area (Å²) in [4.78, 5) is 34.4. The topological polar surface area (TPSA) is 81.7 Å². The Labute approximate surface area is 104 Å². The van der Waals surface area contributed by atoms with Crippen LogP contribution in [0.15, 0.2) is 11.6 Å². The average molecular weight is 253 g/mol. The Morgan fingerprint density at radius 1 is 1.44 bits per heavy atom. The maximum absolute atomic E-state index is 11.8. The number of methoxy groups -OCH3 is 1. The van der Waals surface area contributed by atoms with E-state index in [1.807, 2.05) is 0 Å². The number of nitrogens with one attached hydrogen (secondary N) is 1. The fraction of sp³-hybridized carbons (Fsp3) is 0.583. The van der Waals surface area contributed by atoms with E-state index in [-0.39, 0.29) is 12.3 Å². The molecule has 0 saturated carbocycles. The number of hydrogen-bond acceptors (Lipinski definition) is 5. The predicted molar refractivity (Wildman–Crippen MR) is 60.3 cm³/mol. The van der Waals surface area contributed by atoms with Crippen molar-refractivity contribution in [2.24, 2.45) is 5.92 Å².